The minimum absolute atomic E-state index is 0.174. The molecule has 1 amide bonds. The first-order valence-electron chi connectivity index (χ1n) is 5.79. The van der Waals surface area contributed by atoms with Gasteiger partial charge in [-0.05, 0) is 30.5 Å². The van der Waals surface area contributed by atoms with E-state index in [0.29, 0.717) is 21.5 Å². The van der Waals surface area contributed by atoms with Crippen LogP contribution in [0.15, 0.2) is 22.7 Å². The number of hydrogen-bond donors (Lipinski definition) is 2. The van der Waals surface area contributed by atoms with Crippen LogP contribution in [0.1, 0.15) is 30.6 Å². The predicted molar refractivity (Wildman–Crippen MR) is 77.5 cm³/mol. The molecule has 0 saturated heterocycles. The lowest BCUT2D eigenvalue weighted by molar-refractivity contribution is -0.139. The zero-order valence-corrected chi connectivity index (χ0v) is 13.0. The average Bonchev–Trinajstić information content (AvgIpc) is 2.25. The van der Waals surface area contributed by atoms with Crippen molar-refractivity contribution in [3.05, 3.63) is 33.3 Å². The van der Waals surface area contributed by atoms with E-state index >= 15 is 0 Å². The van der Waals surface area contributed by atoms with Gasteiger partial charge in [-0.15, -0.1) is 0 Å². The van der Waals surface area contributed by atoms with Gasteiger partial charge in [0.25, 0.3) is 5.91 Å². The van der Waals surface area contributed by atoms with Gasteiger partial charge in [0.15, 0.2) is 0 Å². The number of halogens is 2. The molecule has 0 aliphatic rings. The van der Waals surface area contributed by atoms with Crippen LogP contribution < -0.4 is 5.32 Å². The highest BCUT2D eigenvalue weighted by Gasteiger charge is 2.21. The van der Waals surface area contributed by atoms with Gasteiger partial charge in [0.05, 0.1) is 0 Å². The van der Waals surface area contributed by atoms with Gasteiger partial charge in [-0.2, -0.15) is 0 Å². The fraction of sp³-hybridized carbons (Fsp3) is 0.385. The summed E-state index contributed by atoms with van der Waals surface area (Å²) in [6.07, 6.45) is 0.378. The Balaban J connectivity index is 2.84. The van der Waals surface area contributed by atoms with Crippen molar-refractivity contribution in [2.45, 2.75) is 26.3 Å². The topological polar surface area (TPSA) is 66.4 Å². The van der Waals surface area contributed by atoms with Crippen LogP contribution in [0.4, 0.5) is 0 Å². The summed E-state index contributed by atoms with van der Waals surface area (Å²) in [5, 5.41) is 12.0. The van der Waals surface area contributed by atoms with Crippen LogP contribution in [0.25, 0.3) is 0 Å². The number of carbonyl (C=O) groups excluding carboxylic acids is 1. The summed E-state index contributed by atoms with van der Waals surface area (Å²) in [7, 11) is 0. The van der Waals surface area contributed by atoms with E-state index in [1.807, 2.05) is 13.8 Å². The summed E-state index contributed by atoms with van der Waals surface area (Å²) in [5.41, 5.74) is 0.328. The molecule has 1 rings (SSSR count). The number of nitrogens with one attached hydrogen (secondary N) is 1. The van der Waals surface area contributed by atoms with Gasteiger partial charge in [0.1, 0.15) is 6.04 Å². The monoisotopic (exact) mass is 347 g/mol. The number of carboxylic acid groups (broad SMARTS) is 1. The summed E-state index contributed by atoms with van der Waals surface area (Å²) < 4.78 is 0.667. The van der Waals surface area contributed by atoms with Gasteiger partial charge in [0, 0.05) is 15.1 Å². The third kappa shape index (κ3) is 5.20. The third-order valence-corrected chi connectivity index (χ3v) is 3.11. The summed E-state index contributed by atoms with van der Waals surface area (Å²) in [6.45, 7) is 3.80. The average molecular weight is 349 g/mol. The Labute approximate surface area is 125 Å². The first-order valence-corrected chi connectivity index (χ1v) is 6.96. The van der Waals surface area contributed by atoms with Crippen LogP contribution >= 0.6 is 27.5 Å². The maximum Gasteiger partial charge on any atom is 0.326 e. The quantitative estimate of drug-likeness (QED) is 0.857. The normalized spacial score (nSPS) is 12.3. The van der Waals surface area contributed by atoms with E-state index in [1.54, 1.807) is 12.1 Å². The second-order valence-electron chi connectivity index (χ2n) is 4.65. The largest absolute Gasteiger partial charge is 0.480 e. The fourth-order valence-electron chi connectivity index (χ4n) is 1.62. The molecule has 2 N–H and O–H groups in total. The Hall–Kier alpha value is -1.07. The van der Waals surface area contributed by atoms with Gasteiger partial charge in [-0.25, -0.2) is 4.79 Å². The molecule has 1 aromatic rings. The van der Waals surface area contributed by atoms with Gasteiger partial charge in [0.2, 0.25) is 0 Å². The van der Waals surface area contributed by atoms with Crippen LogP contribution in [0.5, 0.6) is 0 Å². The van der Waals surface area contributed by atoms with Crippen molar-refractivity contribution in [1.82, 2.24) is 5.32 Å². The predicted octanol–water partition coefficient (Wildman–Crippen LogP) is 3.33. The van der Waals surface area contributed by atoms with Crippen LogP contribution in [0, 0.1) is 5.92 Å². The molecule has 0 radical (unpaired) electrons. The molecule has 0 aliphatic carbocycles. The molecule has 19 heavy (non-hydrogen) atoms. The molecular weight excluding hydrogens is 334 g/mol. The maximum absolute atomic E-state index is 12.0. The van der Waals surface area contributed by atoms with Crippen molar-refractivity contribution in [3.63, 3.8) is 0 Å². The van der Waals surface area contributed by atoms with Gasteiger partial charge < -0.3 is 10.4 Å². The highest BCUT2D eigenvalue weighted by Crippen LogP contribution is 2.19. The number of aliphatic carboxylic acids is 1. The van der Waals surface area contributed by atoms with Gasteiger partial charge >= 0.3 is 5.97 Å². The Kier molecular flexibility index (Phi) is 5.82. The summed E-state index contributed by atoms with van der Waals surface area (Å²) in [4.78, 5) is 23.1. The Bertz CT molecular complexity index is 471. The lowest BCUT2D eigenvalue weighted by atomic mass is 10.0. The van der Waals surface area contributed by atoms with E-state index in [9.17, 15) is 9.59 Å². The summed E-state index contributed by atoms with van der Waals surface area (Å²) in [5.74, 6) is -1.31. The molecule has 0 aromatic heterocycles. The minimum atomic E-state index is -1.04. The highest BCUT2D eigenvalue weighted by molar-refractivity contribution is 9.10. The zero-order valence-electron chi connectivity index (χ0n) is 10.6. The molecule has 1 atom stereocenters. The van der Waals surface area contributed by atoms with Crippen molar-refractivity contribution in [3.8, 4) is 0 Å². The SMILES string of the molecule is CC(C)CC(NC(=O)c1cc(Cl)cc(Br)c1)C(=O)O. The number of carboxylic acids is 1. The minimum Gasteiger partial charge on any atom is -0.480 e. The summed E-state index contributed by atoms with van der Waals surface area (Å²) >= 11 is 9.09. The molecular formula is C13H15BrClNO3. The lowest BCUT2D eigenvalue weighted by Crippen LogP contribution is -2.41. The van der Waals surface area contributed by atoms with Crippen LogP contribution in [-0.2, 0) is 4.79 Å². The molecule has 4 nitrogen and oxygen atoms in total. The lowest BCUT2D eigenvalue weighted by Gasteiger charge is -2.16. The molecule has 0 bridgehead atoms. The van der Waals surface area contributed by atoms with Crippen molar-refractivity contribution in [2.75, 3.05) is 0 Å². The molecule has 1 aromatic carbocycles. The molecule has 0 aliphatic heterocycles. The molecule has 0 spiro atoms. The summed E-state index contributed by atoms with van der Waals surface area (Å²) in [6, 6.07) is 3.84. The van der Waals surface area contributed by atoms with E-state index < -0.39 is 17.9 Å². The van der Waals surface area contributed by atoms with Crippen molar-refractivity contribution < 1.29 is 14.7 Å². The Morgan fingerprint density at radius 1 is 1.37 bits per heavy atom. The Morgan fingerprint density at radius 2 is 2.00 bits per heavy atom. The number of rotatable bonds is 5. The van der Waals surface area contributed by atoms with E-state index in [1.165, 1.54) is 6.07 Å². The standard InChI is InChI=1S/C13H15BrClNO3/c1-7(2)3-11(13(18)19)16-12(17)8-4-9(14)6-10(15)5-8/h4-7,11H,3H2,1-2H3,(H,16,17)(H,18,19). The van der Waals surface area contributed by atoms with E-state index in [2.05, 4.69) is 21.2 Å². The molecule has 6 heteroatoms. The molecule has 1 unspecified atom stereocenters. The van der Waals surface area contributed by atoms with Crippen molar-refractivity contribution in [1.29, 1.82) is 0 Å². The number of hydrogen-bond acceptors (Lipinski definition) is 2. The molecule has 0 heterocycles. The zero-order chi connectivity index (χ0) is 14.6. The van der Waals surface area contributed by atoms with E-state index in [4.69, 9.17) is 16.7 Å². The van der Waals surface area contributed by atoms with Crippen molar-refractivity contribution >= 4 is 39.4 Å². The maximum atomic E-state index is 12.0. The first-order chi connectivity index (χ1) is 8.79. The molecule has 104 valence electrons. The Morgan fingerprint density at radius 3 is 2.47 bits per heavy atom. The smallest absolute Gasteiger partial charge is 0.326 e. The fourth-order valence-corrected chi connectivity index (χ4v) is 2.48. The van der Waals surface area contributed by atoms with Gasteiger partial charge in [-0.3, -0.25) is 4.79 Å². The first kappa shape index (κ1) is 16.0. The van der Waals surface area contributed by atoms with Crippen LogP contribution in [0.3, 0.4) is 0 Å². The number of carbonyl (C=O) groups is 2. The van der Waals surface area contributed by atoms with Crippen LogP contribution in [0.2, 0.25) is 5.02 Å². The third-order valence-electron chi connectivity index (χ3n) is 2.44. The second-order valence-corrected chi connectivity index (χ2v) is 6.00. The second kappa shape index (κ2) is 6.91. The highest BCUT2D eigenvalue weighted by atomic mass is 79.9. The van der Waals surface area contributed by atoms with E-state index in [0.717, 1.165) is 0 Å². The molecule has 0 saturated carbocycles. The van der Waals surface area contributed by atoms with Gasteiger partial charge in [-0.1, -0.05) is 41.4 Å². The number of benzene rings is 1. The van der Waals surface area contributed by atoms with Crippen molar-refractivity contribution in [2.24, 2.45) is 5.92 Å². The number of amides is 1. The van der Waals surface area contributed by atoms with E-state index in [-0.39, 0.29) is 5.92 Å². The molecule has 0 fully saturated rings. The van der Waals surface area contributed by atoms with Crippen LogP contribution in [-0.4, -0.2) is 23.0 Å².